The van der Waals surface area contributed by atoms with Crippen LogP contribution in [0.4, 0.5) is 0 Å². The van der Waals surface area contributed by atoms with Gasteiger partial charge in [-0.3, -0.25) is 0 Å². The van der Waals surface area contributed by atoms with Crippen molar-refractivity contribution < 1.29 is 0 Å². The van der Waals surface area contributed by atoms with Gasteiger partial charge in [0.25, 0.3) is 0 Å². The van der Waals surface area contributed by atoms with Crippen molar-refractivity contribution in [2.45, 2.75) is 46.5 Å². The van der Waals surface area contributed by atoms with E-state index in [2.05, 4.69) is 63.3 Å². The second kappa shape index (κ2) is 11.0. The SMILES string of the molecule is C/C=C/CCC.CCCc1ccccc1. The van der Waals surface area contributed by atoms with Gasteiger partial charge in [-0.2, -0.15) is 0 Å². The van der Waals surface area contributed by atoms with Crippen LogP contribution in [-0.2, 0) is 6.42 Å². The Bertz CT molecular complexity index is 233. The summed E-state index contributed by atoms with van der Waals surface area (Å²) in [5.41, 5.74) is 1.44. The molecule has 1 aromatic carbocycles. The standard InChI is InChI=1S/C9H12.C6H12/c1-2-6-9-7-4-3-5-8-9;1-3-5-6-4-2/h3-5,7-8H,2,6H2,1H3;3,5H,4,6H2,1-2H3/b;5-3+. The number of aryl methyl sites for hydroxylation is 1. The largest absolute Gasteiger partial charge is 0.0917 e. The van der Waals surface area contributed by atoms with Gasteiger partial charge in [0.2, 0.25) is 0 Å². The van der Waals surface area contributed by atoms with Gasteiger partial charge in [-0.25, -0.2) is 0 Å². The Morgan fingerprint density at radius 3 is 2.07 bits per heavy atom. The average Bonchev–Trinajstić information content (AvgIpc) is 2.29. The van der Waals surface area contributed by atoms with Gasteiger partial charge in [-0.1, -0.05) is 69.2 Å². The van der Waals surface area contributed by atoms with Crippen LogP contribution in [-0.4, -0.2) is 0 Å². The third-order valence-electron chi connectivity index (χ3n) is 2.07. The third-order valence-corrected chi connectivity index (χ3v) is 2.07. The minimum Gasteiger partial charge on any atom is -0.0917 e. The Morgan fingerprint density at radius 1 is 1.00 bits per heavy atom. The zero-order valence-electron chi connectivity index (χ0n) is 10.4. The first-order chi connectivity index (χ1) is 7.35. The summed E-state index contributed by atoms with van der Waals surface area (Å²) in [6.07, 6.45) is 9.22. The fourth-order valence-corrected chi connectivity index (χ4v) is 1.27. The molecule has 0 aliphatic carbocycles. The molecule has 0 aliphatic rings. The van der Waals surface area contributed by atoms with E-state index in [0.717, 1.165) is 0 Å². The maximum atomic E-state index is 2.20. The average molecular weight is 204 g/mol. The monoisotopic (exact) mass is 204 g/mol. The van der Waals surface area contributed by atoms with E-state index in [9.17, 15) is 0 Å². The summed E-state index contributed by atoms with van der Waals surface area (Å²) in [7, 11) is 0. The molecule has 0 aliphatic heterocycles. The topological polar surface area (TPSA) is 0 Å². The zero-order valence-corrected chi connectivity index (χ0v) is 10.4. The maximum absolute atomic E-state index is 2.20. The summed E-state index contributed by atoms with van der Waals surface area (Å²) in [6.45, 7) is 6.43. The molecule has 0 atom stereocenters. The highest BCUT2D eigenvalue weighted by Crippen LogP contribution is 2.00. The van der Waals surface area contributed by atoms with Gasteiger partial charge < -0.3 is 0 Å². The summed E-state index contributed by atoms with van der Waals surface area (Å²) in [5.74, 6) is 0. The van der Waals surface area contributed by atoms with Crippen LogP contribution < -0.4 is 0 Å². The molecular weight excluding hydrogens is 180 g/mol. The first-order valence-corrected chi connectivity index (χ1v) is 6.00. The predicted molar refractivity (Wildman–Crippen MR) is 70.2 cm³/mol. The van der Waals surface area contributed by atoms with Crippen LogP contribution in [0, 0.1) is 0 Å². The molecule has 0 spiro atoms. The number of hydrogen-bond donors (Lipinski definition) is 0. The van der Waals surface area contributed by atoms with Gasteiger partial charge >= 0.3 is 0 Å². The van der Waals surface area contributed by atoms with E-state index < -0.39 is 0 Å². The van der Waals surface area contributed by atoms with Crippen molar-refractivity contribution in [3.05, 3.63) is 48.0 Å². The second-order valence-corrected chi connectivity index (χ2v) is 3.59. The number of unbranched alkanes of at least 4 members (excludes halogenated alkanes) is 1. The van der Waals surface area contributed by atoms with Gasteiger partial charge in [-0.05, 0) is 25.3 Å². The van der Waals surface area contributed by atoms with Crippen molar-refractivity contribution in [1.29, 1.82) is 0 Å². The van der Waals surface area contributed by atoms with Crippen molar-refractivity contribution >= 4 is 0 Å². The van der Waals surface area contributed by atoms with Crippen molar-refractivity contribution in [1.82, 2.24) is 0 Å². The summed E-state index contributed by atoms with van der Waals surface area (Å²) in [6, 6.07) is 10.6. The summed E-state index contributed by atoms with van der Waals surface area (Å²) in [4.78, 5) is 0. The van der Waals surface area contributed by atoms with Crippen LogP contribution in [0.15, 0.2) is 42.5 Å². The Labute approximate surface area is 95.0 Å². The molecule has 0 N–H and O–H groups in total. The van der Waals surface area contributed by atoms with Crippen LogP contribution in [0.1, 0.15) is 45.6 Å². The van der Waals surface area contributed by atoms with E-state index in [4.69, 9.17) is 0 Å². The molecule has 0 nitrogen and oxygen atoms in total. The quantitative estimate of drug-likeness (QED) is 0.605. The highest BCUT2D eigenvalue weighted by atomic mass is 13.9. The van der Waals surface area contributed by atoms with E-state index >= 15 is 0 Å². The van der Waals surface area contributed by atoms with E-state index in [0.29, 0.717) is 0 Å². The Kier molecular flexibility index (Phi) is 10.3. The molecule has 0 saturated heterocycles. The Hall–Kier alpha value is -1.04. The predicted octanol–water partition coefficient (Wildman–Crippen LogP) is 5.00. The first kappa shape index (κ1) is 14.0. The molecule has 15 heavy (non-hydrogen) atoms. The molecule has 0 bridgehead atoms. The number of allylic oxidation sites excluding steroid dienone is 2. The lowest BCUT2D eigenvalue weighted by Crippen LogP contribution is -1.78. The van der Waals surface area contributed by atoms with E-state index in [1.807, 2.05) is 0 Å². The lowest BCUT2D eigenvalue weighted by Gasteiger charge is -1.93. The summed E-state index contributed by atoms with van der Waals surface area (Å²) in [5, 5.41) is 0. The van der Waals surface area contributed by atoms with E-state index in [1.54, 1.807) is 0 Å². The molecule has 0 aromatic heterocycles. The van der Waals surface area contributed by atoms with E-state index in [1.165, 1.54) is 31.2 Å². The molecule has 0 fully saturated rings. The highest BCUT2D eigenvalue weighted by Gasteiger charge is 1.84. The Morgan fingerprint density at radius 2 is 1.67 bits per heavy atom. The number of rotatable bonds is 4. The van der Waals surface area contributed by atoms with Gasteiger partial charge in [0.05, 0.1) is 0 Å². The van der Waals surface area contributed by atoms with Crippen molar-refractivity contribution in [2.24, 2.45) is 0 Å². The molecule has 0 heterocycles. The van der Waals surface area contributed by atoms with Crippen molar-refractivity contribution in [2.75, 3.05) is 0 Å². The minimum absolute atomic E-state index is 1.21. The van der Waals surface area contributed by atoms with Gasteiger partial charge in [0.15, 0.2) is 0 Å². The highest BCUT2D eigenvalue weighted by molar-refractivity contribution is 5.14. The smallest absolute Gasteiger partial charge is 0.0281 e. The third kappa shape index (κ3) is 9.27. The van der Waals surface area contributed by atoms with E-state index in [-0.39, 0.29) is 0 Å². The molecule has 1 rings (SSSR count). The van der Waals surface area contributed by atoms with Gasteiger partial charge in [-0.15, -0.1) is 0 Å². The van der Waals surface area contributed by atoms with Crippen LogP contribution in [0.5, 0.6) is 0 Å². The van der Waals surface area contributed by atoms with Crippen LogP contribution >= 0.6 is 0 Å². The molecule has 0 radical (unpaired) electrons. The molecule has 0 saturated carbocycles. The fraction of sp³-hybridized carbons (Fsp3) is 0.467. The lowest BCUT2D eigenvalue weighted by atomic mass is 10.1. The molecular formula is C15H24. The van der Waals surface area contributed by atoms with Crippen LogP contribution in [0.3, 0.4) is 0 Å². The number of benzene rings is 1. The van der Waals surface area contributed by atoms with Crippen molar-refractivity contribution in [3.63, 3.8) is 0 Å². The molecule has 84 valence electrons. The van der Waals surface area contributed by atoms with Crippen LogP contribution in [0.2, 0.25) is 0 Å². The summed E-state index contributed by atoms with van der Waals surface area (Å²) < 4.78 is 0. The Balaban J connectivity index is 0.000000288. The van der Waals surface area contributed by atoms with Gasteiger partial charge in [0.1, 0.15) is 0 Å². The number of hydrogen-bond acceptors (Lipinski definition) is 0. The van der Waals surface area contributed by atoms with Crippen LogP contribution in [0.25, 0.3) is 0 Å². The minimum atomic E-state index is 1.21. The normalized spacial score (nSPS) is 9.80. The molecule has 0 heteroatoms. The summed E-state index contributed by atoms with van der Waals surface area (Å²) >= 11 is 0. The van der Waals surface area contributed by atoms with Crippen molar-refractivity contribution in [3.8, 4) is 0 Å². The lowest BCUT2D eigenvalue weighted by molar-refractivity contribution is 0.922. The van der Waals surface area contributed by atoms with Gasteiger partial charge in [0, 0.05) is 0 Å². The molecule has 0 amide bonds. The maximum Gasteiger partial charge on any atom is -0.0281 e. The zero-order chi connectivity index (χ0) is 11.4. The first-order valence-electron chi connectivity index (χ1n) is 6.00. The second-order valence-electron chi connectivity index (χ2n) is 3.59. The molecule has 0 unspecified atom stereocenters. The molecule has 1 aromatic rings. The fourth-order valence-electron chi connectivity index (χ4n) is 1.27.